The lowest BCUT2D eigenvalue weighted by Crippen LogP contribution is -2.03. The first kappa shape index (κ1) is 12.9. The molecule has 0 amide bonds. The molecule has 0 bridgehead atoms. The fourth-order valence-corrected chi connectivity index (χ4v) is 2.47. The van der Waals surface area contributed by atoms with Crippen LogP contribution in [0.3, 0.4) is 0 Å². The first-order chi connectivity index (χ1) is 9.66. The van der Waals surface area contributed by atoms with E-state index in [1.807, 2.05) is 24.3 Å². The molecule has 98 valence electrons. The van der Waals surface area contributed by atoms with E-state index in [-0.39, 0.29) is 10.3 Å². The number of aromatic nitrogens is 1. The molecule has 0 unspecified atom stereocenters. The first-order valence-electron chi connectivity index (χ1n) is 5.99. The largest absolute Gasteiger partial charge is 0.289 e. The van der Waals surface area contributed by atoms with Crippen LogP contribution in [0.2, 0.25) is 0 Å². The van der Waals surface area contributed by atoms with E-state index in [0.717, 1.165) is 10.8 Å². The Morgan fingerprint density at radius 1 is 1.10 bits per heavy atom. The second-order valence-corrected chi connectivity index (χ2v) is 5.22. The van der Waals surface area contributed by atoms with Crippen molar-refractivity contribution >= 4 is 32.5 Å². The van der Waals surface area contributed by atoms with Crippen molar-refractivity contribution in [3.05, 3.63) is 76.3 Å². The molecule has 0 radical (unpaired) electrons. The van der Waals surface area contributed by atoms with Crippen LogP contribution in [0, 0.1) is 5.82 Å². The first-order valence-corrected chi connectivity index (χ1v) is 6.78. The Kier molecular flexibility index (Phi) is 3.32. The molecule has 1 heterocycles. The van der Waals surface area contributed by atoms with Crippen molar-refractivity contribution < 1.29 is 9.18 Å². The number of benzene rings is 2. The number of halogens is 2. The van der Waals surface area contributed by atoms with Gasteiger partial charge in [-0.3, -0.25) is 9.78 Å². The maximum Gasteiger partial charge on any atom is 0.195 e. The molecule has 0 N–H and O–H groups in total. The maximum absolute atomic E-state index is 13.2. The van der Waals surface area contributed by atoms with Crippen LogP contribution >= 0.6 is 15.9 Å². The highest BCUT2D eigenvalue weighted by atomic mass is 79.9. The zero-order valence-corrected chi connectivity index (χ0v) is 11.9. The molecule has 0 spiro atoms. The molecule has 0 atom stereocenters. The van der Waals surface area contributed by atoms with Gasteiger partial charge in [-0.1, -0.05) is 24.3 Å². The number of fused-ring (bicyclic) bond motifs is 1. The summed E-state index contributed by atoms with van der Waals surface area (Å²) in [6, 6.07) is 11.8. The number of nitrogens with zero attached hydrogens (tertiary/aromatic N) is 1. The van der Waals surface area contributed by atoms with Crippen molar-refractivity contribution in [2.75, 3.05) is 0 Å². The number of hydrogen-bond donors (Lipinski definition) is 0. The molecular weight excluding hydrogens is 321 g/mol. The summed E-state index contributed by atoms with van der Waals surface area (Å²) in [4.78, 5) is 16.6. The predicted octanol–water partition coefficient (Wildman–Crippen LogP) is 4.37. The van der Waals surface area contributed by atoms with E-state index in [0.29, 0.717) is 11.1 Å². The molecule has 0 saturated carbocycles. The van der Waals surface area contributed by atoms with Gasteiger partial charge in [-0.25, -0.2) is 4.39 Å². The van der Waals surface area contributed by atoms with Crippen LogP contribution in [-0.2, 0) is 0 Å². The minimum absolute atomic E-state index is 0.171. The molecule has 1 aromatic heterocycles. The molecule has 3 rings (SSSR count). The van der Waals surface area contributed by atoms with Crippen LogP contribution in [0.1, 0.15) is 15.9 Å². The van der Waals surface area contributed by atoms with Gasteiger partial charge in [0.25, 0.3) is 0 Å². The minimum atomic E-state index is -0.391. The Labute approximate surface area is 123 Å². The molecule has 0 aliphatic carbocycles. The average Bonchev–Trinajstić information content (AvgIpc) is 2.49. The van der Waals surface area contributed by atoms with E-state index in [2.05, 4.69) is 20.9 Å². The Bertz CT molecular complexity index is 811. The monoisotopic (exact) mass is 329 g/mol. The number of carbonyl (C=O) groups excluding carboxylic acids is 1. The zero-order chi connectivity index (χ0) is 14.1. The molecule has 2 nitrogen and oxygen atoms in total. The van der Waals surface area contributed by atoms with E-state index in [1.54, 1.807) is 12.4 Å². The van der Waals surface area contributed by atoms with Gasteiger partial charge < -0.3 is 0 Å². The fourth-order valence-electron chi connectivity index (χ4n) is 2.09. The molecule has 0 fully saturated rings. The topological polar surface area (TPSA) is 30.0 Å². The van der Waals surface area contributed by atoms with Crippen molar-refractivity contribution in [1.29, 1.82) is 0 Å². The quantitative estimate of drug-likeness (QED) is 0.653. The van der Waals surface area contributed by atoms with Gasteiger partial charge in [0.15, 0.2) is 5.78 Å². The normalized spacial score (nSPS) is 10.7. The molecule has 2 aromatic carbocycles. The number of hydrogen-bond acceptors (Lipinski definition) is 2. The van der Waals surface area contributed by atoms with Gasteiger partial charge in [-0.15, -0.1) is 0 Å². The SMILES string of the molecule is O=C(c1ccc(F)c(Br)c1)c1cncc2ccccc12. The van der Waals surface area contributed by atoms with E-state index in [4.69, 9.17) is 0 Å². The smallest absolute Gasteiger partial charge is 0.195 e. The molecule has 0 aliphatic heterocycles. The highest BCUT2D eigenvalue weighted by Gasteiger charge is 2.14. The summed E-state index contributed by atoms with van der Waals surface area (Å²) in [6.07, 6.45) is 3.26. The van der Waals surface area contributed by atoms with Crippen molar-refractivity contribution in [3.8, 4) is 0 Å². The van der Waals surface area contributed by atoms with Crippen molar-refractivity contribution in [2.45, 2.75) is 0 Å². The Morgan fingerprint density at radius 2 is 1.90 bits per heavy atom. The summed E-state index contributed by atoms with van der Waals surface area (Å²) in [6.45, 7) is 0. The van der Waals surface area contributed by atoms with Crippen molar-refractivity contribution in [3.63, 3.8) is 0 Å². The van der Waals surface area contributed by atoms with Crippen LogP contribution in [-0.4, -0.2) is 10.8 Å². The number of rotatable bonds is 2. The van der Waals surface area contributed by atoms with Crippen molar-refractivity contribution in [2.24, 2.45) is 0 Å². The number of ketones is 1. The van der Waals surface area contributed by atoms with Gasteiger partial charge in [0.2, 0.25) is 0 Å². The summed E-state index contributed by atoms with van der Waals surface area (Å²) < 4.78 is 13.5. The highest BCUT2D eigenvalue weighted by Crippen LogP contribution is 2.23. The molecular formula is C16H9BrFNO. The van der Waals surface area contributed by atoms with Gasteiger partial charge in [0, 0.05) is 28.9 Å². The lowest BCUT2D eigenvalue weighted by molar-refractivity contribution is 0.104. The summed E-state index contributed by atoms with van der Waals surface area (Å²) in [7, 11) is 0. The van der Waals surface area contributed by atoms with Gasteiger partial charge in [-0.05, 0) is 39.5 Å². The van der Waals surface area contributed by atoms with E-state index >= 15 is 0 Å². The molecule has 3 aromatic rings. The summed E-state index contributed by atoms with van der Waals surface area (Å²) in [5.41, 5.74) is 0.943. The Hall–Kier alpha value is -2.07. The van der Waals surface area contributed by atoms with Crippen LogP contribution in [0.4, 0.5) is 4.39 Å². The zero-order valence-electron chi connectivity index (χ0n) is 10.3. The lowest BCUT2D eigenvalue weighted by Gasteiger charge is -2.06. The highest BCUT2D eigenvalue weighted by molar-refractivity contribution is 9.10. The predicted molar refractivity (Wildman–Crippen MR) is 79.3 cm³/mol. The van der Waals surface area contributed by atoms with Crippen LogP contribution in [0.15, 0.2) is 59.3 Å². The van der Waals surface area contributed by atoms with E-state index < -0.39 is 5.82 Å². The summed E-state index contributed by atoms with van der Waals surface area (Å²) in [5.74, 6) is -0.562. The second-order valence-electron chi connectivity index (χ2n) is 4.37. The van der Waals surface area contributed by atoms with E-state index in [1.165, 1.54) is 18.2 Å². The van der Waals surface area contributed by atoms with Crippen LogP contribution < -0.4 is 0 Å². The third kappa shape index (κ3) is 2.23. The third-order valence-electron chi connectivity index (χ3n) is 3.09. The second kappa shape index (κ2) is 5.13. The van der Waals surface area contributed by atoms with Crippen LogP contribution in [0.25, 0.3) is 10.8 Å². The molecule has 4 heteroatoms. The van der Waals surface area contributed by atoms with E-state index in [9.17, 15) is 9.18 Å². The minimum Gasteiger partial charge on any atom is -0.289 e. The fraction of sp³-hybridized carbons (Fsp3) is 0. The third-order valence-corrected chi connectivity index (χ3v) is 3.70. The average molecular weight is 330 g/mol. The number of pyridine rings is 1. The lowest BCUT2D eigenvalue weighted by atomic mass is 10.00. The van der Waals surface area contributed by atoms with Gasteiger partial charge in [-0.2, -0.15) is 0 Å². The molecule has 0 aliphatic rings. The molecule has 0 saturated heterocycles. The summed E-state index contributed by atoms with van der Waals surface area (Å²) in [5, 5.41) is 1.74. The summed E-state index contributed by atoms with van der Waals surface area (Å²) >= 11 is 3.09. The van der Waals surface area contributed by atoms with Gasteiger partial charge in [0.05, 0.1) is 4.47 Å². The van der Waals surface area contributed by atoms with Gasteiger partial charge >= 0.3 is 0 Å². The van der Waals surface area contributed by atoms with Crippen molar-refractivity contribution in [1.82, 2.24) is 4.98 Å². The Morgan fingerprint density at radius 3 is 2.70 bits per heavy atom. The standard InChI is InChI=1S/C16H9BrFNO/c17-14-7-10(5-6-15(14)18)16(20)13-9-19-8-11-3-1-2-4-12(11)13/h1-9H. The maximum atomic E-state index is 13.2. The van der Waals surface area contributed by atoms with Gasteiger partial charge in [0.1, 0.15) is 5.82 Å². The molecule has 20 heavy (non-hydrogen) atoms. The Balaban J connectivity index is 2.15. The van der Waals surface area contributed by atoms with Crippen LogP contribution in [0.5, 0.6) is 0 Å². The number of carbonyl (C=O) groups is 1.